The normalized spacial score (nSPS) is 12.5. The van der Waals surface area contributed by atoms with Gasteiger partial charge in [-0.1, -0.05) is 26.7 Å². The van der Waals surface area contributed by atoms with Gasteiger partial charge >= 0.3 is 5.97 Å². The molecule has 3 nitrogen and oxygen atoms in total. The van der Waals surface area contributed by atoms with Gasteiger partial charge in [0.15, 0.2) is 6.10 Å². The van der Waals surface area contributed by atoms with E-state index in [9.17, 15) is 4.79 Å². The van der Waals surface area contributed by atoms with Crippen LogP contribution in [0.3, 0.4) is 0 Å². The molecule has 0 heterocycles. The topological polar surface area (TPSA) is 35.5 Å². The van der Waals surface area contributed by atoms with Gasteiger partial charge in [-0.2, -0.15) is 0 Å². The highest BCUT2D eigenvalue weighted by molar-refractivity contribution is 5.74. The summed E-state index contributed by atoms with van der Waals surface area (Å²) in [5.74, 6) is -0.241. The summed E-state index contributed by atoms with van der Waals surface area (Å²) in [6.45, 7) is 7.05. The predicted octanol–water partition coefficient (Wildman–Crippen LogP) is 2.53. The second kappa shape index (κ2) is 9.00. The van der Waals surface area contributed by atoms with Crippen molar-refractivity contribution in [3.05, 3.63) is 0 Å². The van der Waals surface area contributed by atoms with Crippen LogP contribution in [0.2, 0.25) is 0 Å². The van der Waals surface area contributed by atoms with Crippen molar-refractivity contribution < 1.29 is 14.3 Å². The summed E-state index contributed by atoms with van der Waals surface area (Å²) < 4.78 is 10.3. The van der Waals surface area contributed by atoms with Crippen LogP contribution in [0.4, 0.5) is 0 Å². The second-order valence-corrected chi connectivity index (χ2v) is 3.39. The van der Waals surface area contributed by atoms with E-state index < -0.39 is 6.10 Å². The number of carbonyl (C=O) groups is 1. The quantitative estimate of drug-likeness (QED) is 0.448. The third-order valence-corrected chi connectivity index (χ3v) is 1.94. The Hall–Kier alpha value is -0.570. The molecule has 0 N–H and O–H groups in total. The van der Waals surface area contributed by atoms with Crippen LogP contribution >= 0.6 is 0 Å². The van der Waals surface area contributed by atoms with Crippen molar-refractivity contribution in [2.45, 2.75) is 52.6 Å². The van der Waals surface area contributed by atoms with Crippen LogP contribution in [0.1, 0.15) is 46.5 Å². The van der Waals surface area contributed by atoms with Crippen LogP contribution in [-0.4, -0.2) is 25.3 Å². The number of carbonyl (C=O) groups excluding carboxylic acids is 1. The van der Waals surface area contributed by atoms with Gasteiger partial charge in [-0.05, 0) is 19.8 Å². The Kier molecular flexibility index (Phi) is 8.64. The Balaban J connectivity index is 3.44. The zero-order valence-corrected chi connectivity index (χ0v) is 9.54. The molecule has 0 aromatic rings. The van der Waals surface area contributed by atoms with Gasteiger partial charge in [-0.15, -0.1) is 0 Å². The Morgan fingerprint density at radius 3 is 2.29 bits per heavy atom. The number of unbranched alkanes of at least 4 members (excludes halogenated alkanes) is 2. The van der Waals surface area contributed by atoms with Crippen LogP contribution in [0.15, 0.2) is 0 Å². The average molecular weight is 202 g/mol. The fourth-order valence-corrected chi connectivity index (χ4v) is 0.907. The second-order valence-electron chi connectivity index (χ2n) is 3.39. The van der Waals surface area contributed by atoms with Gasteiger partial charge in [0.1, 0.15) is 0 Å². The number of hydrogen-bond donors (Lipinski definition) is 0. The standard InChI is InChI=1S/C11H22O3/c1-4-6-8-13-10(3)11(12)14-9-7-5-2/h10H,4-9H2,1-3H3. The summed E-state index contributed by atoms with van der Waals surface area (Å²) in [5.41, 5.74) is 0. The molecule has 0 aromatic heterocycles. The third kappa shape index (κ3) is 6.89. The Morgan fingerprint density at radius 2 is 1.71 bits per heavy atom. The molecule has 0 saturated heterocycles. The Morgan fingerprint density at radius 1 is 1.14 bits per heavy atom. The van der Waals surface area contributed by atoms with Crippen molar-refractivity contribution in [2.24, 2.45) is 0 Å². The Labute approximate surface area is 86.8 Å². The fourth-order valence-electron chi connectivity index (χ4n) is 0.907. The molecule has 1 atom stereocenters. The highest BCUT2D eigenvalue weighted by Gasteiger charge is 2.13. The lowest BCUT2D eigenvalue weighted by atomic mass is 10.3. The molecule has 14 heavy (non-hydrogen) atoms. The molecule has 0 saturated carbocycles. The van der Waals surface area contributed by atoms with E-state index in [0.717, 1.165) is 25.7 Å². The zero-order chi connectivity index (χ0) is 10.8. The first-order valence-corrected chi connectivity index (χ1v) is 5.50. The molecule has 0 amide bonds. The van der Waals surface area contributed by atoms with Gasteiger partial charge in [0.2, 0.25) is 0 Å². The molecule has 0 aromatic carbocycles. The average Bonchev–Trinajstić information content (AvgIpc) is 2.18. The maximum absolute atomic E-state index is 11.3. The van der Waals surface area contributed by atoms with Crippen molar-refractivity contribution in [1.82, 2.24) is 0 Å². The molecule has 0 rings (SSSR count). The van der Waals surface area contributed by atoms with E-state index in [4.69, 9.17) is 9.47 Å². The van der Waals surface area contributed by atoms with Gasteiger partial charge in [0, 0.05) is 6.61 Å². The largest absolute Gasteiger partial charge is 0.464 e. The molecular formula is C11H22O3. The summed E-state index contributed by atoms with van der Waals surface area (Å²) in [6.07, 6.45) is 3.62. The molecular weight excluding hydrogens is 180 g/mol. The lowest BCUT2D eigenvalue weighted by molar-refractivity contribution is -0.156. The predicted molar refractivity (Wildman–Crippen MR) is 56.2 cm³/mol. The van der Waals surface area contributed by atoms with Crippen LogP contribution in [0, 0.1) is 0 Å². The van der Waals surface area contributed by atoms with E-state index in [-0.39, 0.29) is 5.97 Å². The van der Waals surface area contributed by atoms with Gasteiger partial charge in [-0.3, -0.25) is 0 Å². The van der Waals surface area contributed by atoms with Gasteiger partial charge in [0.25, 0.3) is 0 Å². The molecule has 0 aliphatic heterocycles. The molecule has 0 spiro atoms. The fraction of sp³-hybridized carbons (Fsp3) is 0.909. The first-order valence-electron chi connectivity index (χ1n) is 5.50. The summed E-state index contributed by atoms with van der Waals surface area (Å²) in [6, 6.07) is 0. The van der Waals surface area contributed by atoms with Gasteiger partial charge < -0.3 is 9.47 Å². The van der Waals surface area contributed by atoms with Crippen LogP contribution in [0.25, 0.3) is 0 Å². The van der Waals surface area contributed by atoms with Crippen molar-refractivity contribution in [1.29, 1.82) is 0 Å². The van der Waals surface area contributed by atoms with E-state index in [1.807, 2.05) is 0 Å². The van der Waals surface area contributed by atoms with E-state index >= 15 is 0 Å². The lowest BCUT2D eigenvalue weighted by Crippen LogP contribution is -2.24. The number of esters is 1. The number of ether oxygens (including phenoxy) is 2. The number of rotatable bonds is 8. The Bertz CT molecular complexity index is 145. The highest BCUT2D eigenvalue weighted by Crippen LogP contribution is 1.99. The van der Waals surface area contributed by atoms with E-state index in [0.29, 0.717) is 13.2 Å². The monoisotopic (exact) mass is 202 g/mol. The number of hydrogen-bond acceptors (Lipinski definition) is 3. The van der Waals surface area contributed by atoms with E-state index in [1.165, 1.54) is 0 Å². The SMILES string of the molecule is CCCCOC(=O)C(C)OCCCC. The molecule has 3 heteroatoms. The highest BCUT2D eigenvalue weighted by atomic mass is 16.6. The minimum Gasteiger partial charge on any atom is -0.464 e. The maximum Gasteiger partial charge on any atom is 0.334 e. The summed E-state index contributed by atoms with van der Waals surface area (Å²) >= 11 is 0. The van der Waals surface area contributed by atoms with E-state index in [2.05, 4.69) is 13.8 Å². The molecule has 0 bridgehead atoms. The third-order valence-electron chi connectivity index (χ3n) is 1.94. The van der Waals surface area contributed by atoms with Crippen LogP contribution in [0.5, 0.6) is 0 Å². The summed E-state index contributed by atoms with van der Waals surface area (Å²) in [7, 11) is 0. The smallest absolute Gasteiger partial charge is 0.334 e. The maximum atomic E-state index is 11.3. The molecule has 0 aliphatic carbocycles. The van der Waals surface area contributed by atoms with Crippen molar-refractivity contribution >= 4 is 5.97 Å². The van der Waals surface area contributed by atoms with Crippen LogP contribution < -0.4 is 0 Å². The van der Waals surface area contributed by atoms with Crippen molar-refractivity contribution in [3.63, 3.8) is 0 Å². The molecule has 0 radical (unpaired) electrons. The minimum absolute atomic E-state index is 0.241. The van der Waals surface area contributed by atoms with Gasteiger partial charge in [-0.25, -0.2) is 4.79 Å². The van der Waals surface area contributed by atoms with Crippen LogP contribution in [-0.2, 0) is 14.3 Å². The van der Waals surface area contributed by atoms with E-state index in [1.54, 1.807) is 6.92 Å². The minimum atomic E-state index is -0.418. The molecule has 0 fully saturated rings. The van der Waals surface area contributed by atoms with Crippen molar-refractivity contribution in [3.8, 4) is 0 Å². The van der Waals surface area contributed by atoms with Gasteiger partial charge in [0.05, 0.1) is 6.61 Å². The lowest BCUT2D eigenvalue weighted by Gasteiger charge is -2.11. The summed E-state index contributed by atoms with van der Waals surface area (Å²) in [4.78, 5) is 11.3. The molecule has 1 unspecified atom stereocenters. The molecule has 0 aliphatic rings. The summed E-state index contributed by atoms with van der Waals surface area (Å²) in [5, 5.41) is 0. The zero-order valence-electron chi connectivity index (χ0n) is 9.54. The first kappa shape index (κ1) is 13.4. The molecule has 84 valence electrons. The first-order chi connectivity index (χ1) is 6.72. The van der Waals surface area contributed by atoms with Crippen molar-refractivity contribution in [2.75, 3.05) is 13.2 Å².